The Morgan fingerprint density at radius 3 is 2.65 bits per heavy atom. The summed E-state index contributed by atoms with van der Waals surface area (Å²) in [7, 11) is 1.74. The zero-order chi connectivity index (χ0) is 12.4. The SMILES string of the molecule is Cc1cnc(N(C)c2ccccc2F)c(N)c1. The third-order valence-electron chi connectivity index (χ3n) is 2.56. The van der Waals surface area contributed by atoms with Crippen LogP contribution in [0.25, 0.3) is 0 Å². The summed E-state index contributed by atoms with van der Waals surface area (Å²) in [5.74, 6) is 0.262. The molecule has 0 aliphatic carbocycles. The number of rotatable bonds is 2. The van der Waals surface area contributed by atoms with Crippen molar-refractivity contribution >= 4 is 17.2 Å². The van der Waals surface area contributed by atoms with E-state index >= 15 is 0 Å². The molecule has 0 aliphatic rings. The van der Waals surface area contributed by atoms with Crippen LogP contribution in [0.5, 0.6) is 0 Å². The molecule has 1 aromatic carbocycles. The number of nitrogens with two attached hydrogens (primary N) is 1. The number of benzene rings is 1. The predicted octanol–water partition coefficient (Wildman–Crippen LogP) is 2.88. The van der Waals surface area contributed by atoms with Gasteiger partial charge in [-0.25, -0.2) is 9.37 Å². The van der Waals surface area contributed by atoms with Crippen molar-refractivity contribution in [2.75, 3.05) is 17.7 Å². The highest BCUT2D eigenvalue weighted by Crippen LogP contribution is 2.28. The predicted molar refractivity (Wildman–Crippen MR) is 67.8 cm³/mol. The third kappa shape index (κ3) is 2.20. The van der Waals surface area contributed by atoms with E-state index in [1.807, 2.05) is 13.0 Å². The van der Waals surface area contributed by atoms with Gasteiger partial charge in [0.25, 0.3) is 0 Å². The zero-order valence-corrected chi connectivity index (χ0v) is 9.81. The molecule has 4 heteroatoms. The molecular formula is C13H14FN3. The Bertz CT molecular complexity index is 540. The summed E-state index contributed by atoms with van der Waals surface area (Å²) in [5, 5.41) is 0. The summed E-state index contributed by atoms with van der Waals surface area (Å²) in [4.78, 5) is 5.87. The summed E-state index contributed by atoms with van der Waals surface area (Å²) in [6, 6.07) is 8.35. The van der Waals surface area contributed by atoms with E-state index in [9.17, 15) is 4.39 Å². The van der Waals surface area contributed by atoms with Gasteiger partial charge in [-0.3, -0.25) is 0 Å². The van der Waals surface area contributed by atoms with Crippen LogP contribution in [0.4, 0.5) is 21.6 Å². The summed E-state index contributed by atoms with van der Waals surface area (Å²) in [6.07, 6.45) is 1.71. The molecule has 0 amide bonds. The normalized spacial score (nSPS) is 10.3. The molecule has 3 nitrogen and oxygen atoms in total. The minimum Gasteiger partial charge on any atom is -0.396 e. The summed E-state index contributed by atoms with van der Waals surface area (Å²) >= 11 is 0. The van der Waals surface area contributed by atoms with Crippen molar-refractivity contribution in [3.63, 3.8) is 0 Å². The highest BCUT2D eigenvalue weighted by molar-refractivity contribution is 5.71. The standard InChI is InChI=1S/C13H14FN3/c1-9-7-11(15)13(16-8-9)17(2)12-6-4-3-5-10(12)14/h3-8H,15H2,1-2H3. The van der Waals surface area contributed by atoms with Gasteiger partial charge in [0, 0.05) is 13.2 Å². The lowest BCUT2D eigenvalue weighted by atomic mass is 10.2. The first-order valence-corrected chi connectivity index (χ1v) is 5.30. The van der Waals surface area contributed by atoms with Gasteiger partial charge in [-0.1, -0.05) is 12.1 Å². The van der Waals surface area contributed by atoms with Crippen LogP contribution >= 0.6 is 0 Å². The molecule has 2 N–H and O–H groups in total. The molecule has 17 heavy (non-hydrogen) atoms. The highest BCUT2D eigenvalue weighted by Gasteiger charge is 2.12. The Morgan fingerprint density at radius 1 is 1.29 bits per heavy atom. The van der Waals surface area contributed by atoms with Crippen LogP contribution in [-0.4, -0.2) is 12.0 Å². The number of nitrogen functional groups attached to an aromatic ring is 1. The van der Waals surface area contributed by atoms with Crippen LogP contribution in [0.3, 0.4) is 0 Å². The number of anilines is 3. The largest absolute Gasteiger partial charge is 0.396 e. The number of aryl methyl sites for hydroxylation is 1. The Labute approximate surface area is 99.7 Å². The number of halogens is 1. The van der Waals surface area contributed by atoms with E-state index in [0.717, 1.165) is 5.56 Å². The van der Waals surface area contributed by atoms with E-state index in [-0.39, 0.29) is 5.82 Å². The quantitative estimate of drug-likeness (QED) is 0.864. The first-order chi connectivity index (χ1) is 8.09. The fourth-order valence-electron chi connectivity index (χ4n) is 1.70. The van der Waals surface area contributed by atoms with Crippen molar-refractivity contribution in [1.29, 1.82) is 0 Å². The molecule has 1 heterocycles. The zero-order valence-electron chi connectivity index (χ0n) is 9.81. The molecule has 0 bridgehead atoms. The number of hydrogen-bond acceptors (Lipinski definition) is 3. The Balaban J connectivity index is 2.44. The maximum absolute atomic E-state index is 13.6. The molecule has 1 aromatic heterocycles. The molecule has 2 rings (SSSR count). The van der Waals surface area contributed by atoms with E-state index < -0.39 is 0 Å². The van der Waals surface area contributed by atoms with Crippen molar-refractivity contribution in [1.82, 2.24) is 4.98 Å². The van der Waals surface area contributed by atoms with Gasteiger partial charge in [0.15, 0.2) is 5.82 Å². The van der Waals surface area contributed by atoms with Crippen LogP contribution < -0.4 is 10.6 Å². The van der Waals surface area contributed by atoms with Crippen LogP contribution in [0.1, 0.15) is 5.56 Å². The molecule has 0 atom stereocenters. The van der Waals surface area contributed by atoms with Crippen LogP contribution in [0.2, 0.25) is 0 Å². The average molecular weight is 231 g/mol. The number of nitrogens with zero attached hydrogens (tertiary/aromatic N) is 2. The fourth-order valence-corrected chi connectivity index (χ4v) is 1.70. The number of pyridine rings is 1. The van der Waals surface area contributed by atoms with Gasteiger partial charge in [-0.05, 0) is 30.7 Å². The second kappa shape index (κ2) is 4.41. The molecule has 0 aliphatic heterocycles. The second-order valence-corrected chi connectivity index (χ2v) is 3.94. The van der Waals surface area contributed by atoms with Gasteiger partial charge in [0.1, 0.15) is 5.82 Å². The highest BCUT2D eigenvalue weighted by atomic mass is 19.1. The summed E-state index contributed by atoms with van der Waals surface area (Å²) in [5.41, 5.74) is 7.85. The molecule has 0 saturated carbocycles. The summed E-state index contributed by atoms with van der Waals surface area (Å²) < 4.78 is 13.6. The topological polar surface area (TPSA) is 42.2 Å². The van der Waals surface area contributed by atoms with Crippen molar-refractivity contribution in [3.05, 3.63) is 47.9 Å². The minimum atomic E-state index is -0.295. The Morgan fingerprint density at radius 2 is 2.00 bits per heavy atom. The molecule has 0 fully saturated rings. The molecule has 2 aromatic rings. The van der Waals surface area contributed by atoms with E-state index in [1.165, 1.54) is 6.07 Å². The van der Waals surface area contributed by atoms with E-state index in [0.29, 0.717) is 17.2 Å². The van der Waals surface area contributed by atoms with Crippen molar-refractivity contribution in [2.24, 2.45) is 0 Å². The summed E-state index contributed by atoms with van der Waals surface area (Å²) in [6.45, 7) is 1.91. The van der Waals surface area contributed by atoms with E-state index in [1.54, 1.807) is 36.3 Å². The molecule has 0 spiro atoms. The number of hydrogen-bond donors (Lipinski definition) is 1. The van der Waals surface area contributed by atoms with Gasteiger partial charge in [0.2, 0.25) is 0 Å². The Kier molecular flexibility index (Phi) is 2.95. The molecule has 0 unspecified atom stereocenters. The monoisotopic (exact) mass is 231 g/mol. The fraction of sp³-hybridized carbons (Fsp3) is 0.154. The lowest BCUT2D eigenvalue weighted by molar-refractivity contribution is 0.627. The maximum atomic E-state index is 13.6. The number of para-hydroxylation sites is 1. The van der Waals surface area contributed by atoms with Crippen molar-refractivity contribution < 1.29 is 4.39 Å². The first-order valence-electron chi connectivity index (χ1n) is 5.30. The Hall–Kier alpha value is -2.10. The van der Waals surface area contributed by atoms with Gasteiger partial charge >= 0.3 is 0 Å². The van der Waals surface area contributed by atoms with Crippen LogP contribution in [0.15, 0.2) is 36.5 Å². The van der Waals surface area contributed by atoms with E-state index in [2.05, 4.69) is 4.98 Å². The lowest BCUT2D eigenvalue weighted by Crippen LogP contribution is -2.14. The smallest absolute Gasteiger partial charge is 0.156 e. The first kappa shape index (κ1) is 11.4. The lowest BCUT2D eigenvalue weighted by Gasteiger charge is -2.20. The van der Waals surface area contributed by atoms with Crippen molar-refractivity contribution in [3.8, 4) is 0 Å². The van der Waals surface area contributed by atoms with Gasteiger partial charge in [0.05, 0.1) is 11.4 Å². The van der Waals surface area contributed by atoms with Gasteiger partial charge in [-0.2, -0.15) is 0 Å². The molecule has 88 valence electrons. The average Bonchev–Trinajstić information content (AvgIpc) is 2.29. The maximum Gasteiger partial charge on any atom is 0.156 e. The van der Waals surface area contributed by atoms with Crippen LogP contribution in [0, 0.1) is 12.7 Å². The van der Waals surface area contributed by atoms with E-state index in [4.69, 9.17) is 5.73 Å². The minimum absolute atomic E-state index is 0.295. The molecule has 0 saturated heterocycles. The number of aromatic nitrogens is 1. The van der Waals surface area contributed by atoms with Gasteiger partial charge in [-0.15, -0.1) is 0 Å². The van der Waals surface area contributed by atoms with Gasteiger partial charge < -0.3 is 10.6 Å². The molecular weight excluding hydrogens is 217 g/mol. The molecule has 0 radical (unpaired) electrons. The second-order valence-electron chi connectivity index (χ2n) is 3.94. The van der Waals surface area contributed by atoms with Crippen molar-refractivity contribution in [2.45, 2.75) is 6.92 Å². The van der Waals surface area contributed by atoms with Crippen LogP contribution in [-0.2, 0) is 0 Å². The third-order valence-corrected chi connectivity index (χ3v) is 2.56.